The van der Waals surface area contributed by atoms with Crippen molar-refractivity contribution >= 4 is 28.5 Å². The highest BCUT2D eigenvalue weighted by Gasteiger charge is 2.23. The van der Waals surface area contributed by atoms with Crippen molar-refractivity contribution in [1.82, 2.24) is 4.90 Å². The largest absolute Gasteiger partial charge is 0.493 e. The predicted octanol–water partition coefficient (Wildman–Crippen LogP) is 4.29. The molecule has 0 N–H and O–H groups in total. The Morgan fingerprint density at radius 2 is 1.89 bits per heavy atom. The van der Waals surface area contributed by atoms with Crippen LogP contribution in [-0.2, 0) is 11.2 Å². The maximum absolute atomic E-state index is 12.8. The first-order valence-corrected chi connectivity index (χ1v) is 9.97. The van der Waals surface area contributed by atoms with Gasteiger partial charge in [-0.3, -0.25) is 9.69 Å². The van der Waals surface area contributed by atoms with E-state index in [9.17, 15) is 4.79 Å². The summed E-state index contributed by atoms with van der Waals surface area (Å²) in [6.45, 7) is 0.715. The minimum absolute atomic E-state index is 0.116. The van der Waals surface area contributed by atoms with Crippen molar-refractivity contribution in [3.05, 3.63) is 54.1 Å². The first kappa shape index (κ1) is 19.3. The minimum Gasteiger partial charge on any atom is -0.493 e. The summed E-state index contributed by atoms with van der Waals surface area (Å²) in [5.74, 6) is 2.37. The lowest BCUT2D eigenvalue weighted by Crippen LogP contribution is -2.39. The maximum Gasteiger partial charge on any atom is 0.228 e. The quantitative estimate of drug-likeness (QED) is 0.746. The SMILES string of the molecule is COc1ccc(N=C2SCCCN2C(=O)CCc2ccccc2)cc1OC. The molecule has 3 rings (SSSR count). The smallest absolute Gasteiger partial charge is 0.228 e. The average molecular weight is 385 g/mol. The molecule has 1 fully saturated rings. The van der Waals surface area contributed by atoms with Crippen molar-refractivity contribution in [3.63, 3.8) is 0 Å². The average Bonchev–Trinajstić information content (AvgIpc) is 2.73. The molecule has 1 aliphatic heterocycles. The lowest BCUT2D eigenvalue weighted by Gasteiger charge is -2.28. The Hall–Kier alpha value is -2.47. The van der Waals surface area contributed by atoms with Gasteiger partial charge in [-0.2, -0.15) is 0 Å². The van der Waals surface area contributed by atoms with E-state index >= 15 is 0 Å². The van der Waals surface area contributed by atoms with Crippen LogP contribution in [0.25, 0.3) is 0 Å². The van der Waals surface area contributed by atoms with Crippen LogP contribution in [0, 0.1) is 0 Å². The van der Waals surface area contributed by atoms with Gasteiger partial charge < -0.3 is 9.47 Å². The Morgan fingerprint density at radius 3 is 2.63 bits per heavy atom. The summed E-state index contributed by atoms with van der Waals surface area (Å²) in [7, 11) is 3.21. The number of methoxy groups -OCH3 is 2. The number of carbonyl (C=O) groups excluding carboxylic acids is 1. The second-order valence-corrected chi connectivity index (χ2v) is 7.23. The summed E-state index contributed by atoms with van der Waals surface area (Å²) in [6, 6.07) is 15.6. The van der Waals surface area contributed by atoms with E-state index in [1.54, 1.807) is 26.0 Å². The van der Waals surface area contributed by atoms with Crippen LogP contribution in [0.15, 0.2) is 53.5 Å². The zero-order chi connectivity index (χ0) is 19.1. The van der Waals surface area contributed by atoms with Crippen molar-refractivity contribution in [2.75, 3.05) is 26.5 Å². The van der Waals surface area contributed by atoms with Crippen LogP contribution < -0.4 is 9.47 Å². The summed E-state index contributed by atoms with van der Waals surface area (Å²) in [5.41, 5.74) is 1.92. The van der Waals surface area contributed by atoms with Gasteiger partial charge in [-0.25, -0.2) is 4.99 Å². The van der Waals surface area contributed by atoms with Gasteiger partial charge in [0, 0.05) is 24.8 Å². The van der Waals surface area contributed by atoms with Crippen LogP contribution in [0.1, 0.15) is 18.4 Å². The summed E-state index contributed by atoms with van der Waals surface area (Å²) >= 11 is 1.62. The molecule has 1 amide bonds. The number of aryl methyl sites for hydroxylation is 1. The van der Waals surface area contributed by atoms with Crippen molar-refractivity contribution in [2.24, 2.45) is 4.99 Å². The van der Waals surface area contributed by atoms with E-state index in [0.717, 1.165) is 29.4 Å². The molecule has 2 aromatic rings. The molecule has 0 saturated carbocycles. The number of benzene rings is 2. The fraction of sp³-hybridized carbons (Fsp3) is 0.333. The van der Waals surface area contributed by atoms with Crippen molar-refractivity contribution in [1.29, 1.82) is 0 Å². The Morgan fingerprint density at radius 1 is 1.11 bits per heavy atom. The van der Waals surface area contributed by atoms with E-state index in [4.69, 9.17) is 14.5 Å². The van der Waals surface area contributed by atoms with Gasteiger partial charge >= 0.3 is 0 Å². The van der Waals surface area contributed by atoms with E-state index in [2.05, 4.69) is 12.1 Å². The maximum atomic E-state index is 12.8. The number of carbonyl (C=O) groups is 1. The normalized spacial score (nSPS) is 15.6. The van der Waals surface area contributed by atoms with Crippen LogP contribution >= 0.6 is 11.8 Å². The highest BCUT2D eigenvalue weighted by Crippen LogP contribution is 2.32. The number of hydrogen-bond donors (Lipinski definition) is 0. The molecule has 0 radical (unpaired) electrons. The molecule has 2 aromatic carbocycles. The van der Waals surface area contributed by atoms with E-state index in [1.807, 2.05) is 41.3 Å². The third-order valence-corrected chi connectivity index (χ3v) is 5.41. The third-order valence-electron chi connectivity index (χ3n) is 4.35. The molecule has 1 heterocycles. The Labute approximate surface area is 164 Å². The number of thioether (sulfide) groups is 1. The summed E-state index contributed by atoms with van der Waals surface area (Å²) in [6.07, 6.45) is 2.20. The van der Waals surface area contributed by atoms with Gasteiger partial charge in [-0.05, 0) is 30.5 Å². The fourth-order valence-electron chi connectivity index (χ4n) is 2.92. The molecule has 0 unspecified atom stereocenters. The lowest BCUT2D eigenvalue weighted by atomic mass is 10.1. The Bertz CT molecular complexity index is 808. The first-order valence-electron chi connectivity index (χ1n) is 8.99. The summed E-state index contributed by atoms with van der Waals surface area (Å²) in [5, 5.41) is 0.756. The summed E-state index contributed by atoms with van der Waals surface area (Å²) in [4.78, 5) is 19.3. The number of ether oxygens (including phenoxy) is 2. The van der Waals surface area contributed by atoms with Crippen LogP contribution in [0.5, 0.6) is 11.5 Å². The zero-order valence-electron chi connectivity index (χ0n) is 15.7. The standard InChI is InChI=1S/C21H24N2O3S/c1-25-18-11-10-17(15-19(18)26-2)22-21-23(13-6-14-27-21)20(24)12-9-16-7-4-3-5-8-16/h3-5,7-8,10-11,15H,6,9,12-14H2,1-2H3. The van der Waals surface area contributed by atoms with E-state index in [0.29, 0.717) is 24.5 Å². The van der Waals surface area contributed by atoms with Crippen LogP contribution in [-0.4, -0.2) is 42.5 Å². The highest BCUT2D eigenvalue weighted by atomic mass is 32.2. The third kappa shape index (κ3) is 5.04. The zero-order valence-corrected chi connectivity index (χ0v) is 16.5. The minimum atomic E-state index is 0.116. The first-order chi connectivity index (χ1) is 13.2. The van der Waals surface area contributed by atoms with Crippen LogP contribution in [0.3, 0.4) is 0 Å². The molecule has 1 aliphatic rings. The predicted molar refractivity (Wildman–Crippen MR) is 110 cm³/mol. The van der Waals surface area contributed by atoms with Gasteiger partial charge in [-0.15, -0.1) is 0 Å². The van der Waals surface area contributed by atoms with Gasteiger partial charge in [0.25, 0.3) is 0 Å². The van der Waals surface area contributed by atoms with Crippen LogP contribution in [0.4, 0.5) is 5.69 Å². The Balaban J connectivity index is 1.74. The molecule has 0 atom stereocenters. The van der Waals surface area contributed by atoms with E-state index < -0.39 is 0 Å². The number of hydrogen-bond acceptors (Lipinski definition) is 5. The molecule has 0 bridgehead atoms. The number of nitrogens with zero attached hydrogens (tertiary/aromatic N) is 2. The monoisotopic (exact) mass is 384 g/mol. The highest BCUT2D eigenvalue weighted by molar-refractivity contribution is 8.13. The van der Waals surface area contributed by atoms with Crippen molar-refractivity contribution < 1.29 is 14.3 Å². The fourth-order valence-corrected chi connectivity index (χ4v) is 3.89. The Kier molecular flexibility index (Phi) is 6.76. The molecule has 0 aliphatic carbocycles. The molecule has 1 saturated heterocycles. The van der Waals surface area contributed by atoms with Gasteiger partial charge in [0.1, 0.15) is 0 Å². The van der Waals surface area contributed by atoms with Gasteiger partial charge in [0.15, 0.2) is 16.7 Å². The van der Waals surface area contributed by atoms with E-state index in [1.165, 1.54) is 5.56 Å². The van der Waals surface area contributed by atoms with E-state index in [-0.39, 0.29) is 5.91 Å². The second kappa shape index (κ2) is 9.46. The molecule has 5 nitrogen and oxygen atoms in total. The molecule has 6 heteroatoms. The van der Waals surface area contributed by atoms with Crippen molar-refractivity contribution in [2.45, 2.75) is 19.3 Å². The molecular weight excluding hydrogens is 360 g/mol. The van der Waals surface area contributed by atoms with Gasteiger partial charge in [-0.1, -0.05) is 42.1 Å². The van der Waals surface area contributed by atoms with Gasteiger partial charge in [0.2, 0.25) is 5.91 Å². The summed E-state index contributed by atoms with van der Waals surface area (Å²) < 4.78 is 10.6. The van der Waals surface area contributed by atoms with Crippen molar-refractivity contribution in [3.8, 4) is 11.5 Å². The number of aliphatic imine (C=N–C) groups is 1. The lowest BCUT2D eigenvalue weighted by molar-refractivity contribution is -0.127. The molecule has 0 spiro atoms. The number of amidine groups is 1. The number of amides is 1. The molecule has 142 valence electrons. The molecule has 0 aromatic heterocycles. The van der Waals surface area contributed by atoms with Crippen LogP contribution in [0.2, 0.25) is 0 Å². The molecule has 27 heavy (non-hydrogen) atoms. The number of rotatable bonds is 6. The topological polar surface area (TPSA) is 51.1 Å². The van der Waals surface area contributed by atoms with Gasteiger partial charge in [0.05, 0.1) is 19.9 Å². The molecular formula is C21H24N2O3S. The second-order valence-electron chi connectivity index (χ2n) is 6.17.